The monoisotopic (exact) mass is 287 g/mol. The van der Waals surface area contributed by atoms with Gasteiger partial charge >= 0.3 is 0 Å². The molecular formula is C10H11BrClN3. The zero-order valence-electron chi connectivity index (χ0n) is 8.12. The molecule has 0 saturated carbocycles. The van der Waals surface area contributed by atoms with Crippen molar-refractivity contribution in [1.82, 2.24) is 4.98 Å². The molecule has 0 saturated heterocycles. The van der Waals surface area contributed by atoms with Crippen LogP contribution in [0.3, 0.4) is 0 Å². The molecule has 0 spiro atoms. The molecule has 1 heterocycles. The fourth-order valence-electron chi connectivity index (χ4n) is 1.45. The number of hydrazine groups is 1. The van der Waals surface area contributed by atoms with Crippen LogP contribution in [0, 0.1) is 6.92 Å². The van der Waals surface area contributed by atoms with Gasteiger partial charge in [-0.2, -0.15) is 0 Å². The summed E-state index contributed by atoms with van der Waals surface area (Å²) in [5, 5.41) is 1.03. The number of hydrogen-bond donors (Lipinski definition) is 2. The summed E-state index contributed by atoms with van der Waals surface area (Å²) in [5.41, 5.74) is 5.46. The summed E-state index contributed by atoms with van der Waals surface area (Å²) in [6, 6.07) is 7.86. The van der Waals surface area contributed by atoms with Crippen molar-refractivity contribution >= 4 is 44.9 Å². The van der Waals surface area contributed by atoms with Crippen LogP contribution in [0.4, 0.5) is 5.69 Å². The number of benzene rings is 1. The standard InChI is InChI=1S/C10H10BrN3.ClH/c1-6-4-10(14-12)8-3-2-7(11)5-9(8)13-6;/h2-5H,12H2,1H3,(H,13,14);1H. The van der Waals surface area contributed by atoms with E-state index in [4.69, 9.17) is 5.84 Å². The molecule has 2 rings (SSSR count). The Balaban J connectivity index is 0.00000112. The molecule has 15 heavy (non-hydrogen) atoms. The number of nitrogen functional groups attached to an aromatic ring is 1. The quantitative estimate of drug-likeness (QED) is 0.626. The Morgan fingerprint density at radius 1 is 1.33 bits per heavy atom. The fourth-order valence-corrected chi connectivity index (χ4v) is 1.80. The Bertz CT molecular complexity index is 482. The van der Waals surface area contributed by atoms with Gasteiger partial charge in [-0.15, -0.1) is 12.4 Å². The van der Waals surface area contributed by atoms with Gasteiger partial charge in [0.15, 0.2) is 0 Å². The first kappa shape index (κ1) is 12.2. The van der Waals surface area contributed by atoms with Crippen molar-refractivity contribution in [3.8, 4) is 0 Å². The van der Waals surface area contributed by atoms with E-state index in [-0.39, 0.29) is 12.4 Å². The van der Waals surface area contributed by atoms with E-state index in [9.17, 15) is 0 Å². The van der Waals surface area contributed by atoms with Crippen LogP contribution in [0.2, 0.25) is 0 Å². The van der Waals surface area contributed by atoms with Crippen LogP contribution in [-0.2, 0) is 0 Å². The minimum atomic E-state index is 0. The minimum absolute atomic E-state index is 0. The molecule has 2 aromatic rings. The molecule has 0 fully saturated rings. The lowest BCUT2D eigenvalue weighted by molar-refractivity contribution is 1.24. The van der Waals surface area contributed by atoms with Gasteiger partial charge in [0.1, 0.15) is 0 Å². The van der Waals surface area contributed by atoms with E-state index in [1.54, 1.807) is 0 Å². The normalized spacial score (nSPS) is 9.80. The second kappa shape index (κ2) is 4.79. The number of nitrogens with one attached hydrogen (secondary N) is 1. The highest BCUT2D eigenvalue weighted by Gasteiger charge is 2.02. The van der Waals surface area contributed by atoms with E-state index in [1.807, 2.05) is 31.2 Å². The molecule has 0 amide bonds. The second-order valence-corrected chi connectivity index (χ2v) is 4.03. The van der Waals surface area contributed by atoms with Gasteiger partial charge in [0.25, 0.3) is 0 Å². The van der Waals surface area contributed by atoms with Gasteiger partial charge in [-0.05, 0) is 31.2 Å². The van der Waals surface area contributed by atoms with Gasteiger partial charge in [-0.3, -0.25) is 10.8 Å². The summed E-state index contributed by atoms with van der Waals surface area (Å²) in [6.07, 6.45) is 0. The van der Waals surface area contributed by atoms with E-state index in [0.29, 0.717) is 0 Å². The summed E-state index contributed by atoms with van der Waals surface area (Å²) >= 11 is 3.41. The van der Waals surface area contributed by atoms with Crippen molar-refractivity contribution in [3.05, 3.63) is 34.4 Å². The highest BCUT2D eigenvalue weighted by atomic mass is 79.9. The number of nitrogens with two attached hydrogens (primary N) is 1. The Kier molecular flexibility index (Phi) is 3.90. The van der Waals surface area contributed by atoms with Crippen molar-refractivity contribution in [2.75, 3.05) is 5.43 Å². The van der Waals surface area contributed by atoms with E-state index < -0.39 is 0 Å². The number of fused-ring (bicyclic) bond motifs is 1. The Labute approximate surface area is 103 Å². The second-order valence-electron chi connectivity index (χ2n) is 3.12. The molecule has 0 aliphatic rings. The van der Waals surface area contributed by atoms with Crippen molar-refractivity contribution in [1.29, 1.82) is 0 Å². The molecule has 5 heteroatoms. The van der Waals surface area contributed by atoms with Gasteiger partial charge in [-0.25, -0.2) is 0 Å². The molecule has 3 nitrogen and oxygen atoms in total. The first-order valence-electron chi connectivity index (χ1n) is 4.24. The Hall–Kier alpha value is -0.840. The van der Waals surface area contributed by atoms with E-state index in [0.717, 1.165) is 26.8 Å². The SMILES string of the molecule is Cc1cc(NN)c2ccc(Br)cc2n1.Cl. The first-order valence-corrected chi connectivity index (χ1v) is 5.03. The number of rotatable bonds is 1. The molecule has 0 aliphatic heterocycles. The van der Waals surface area contributed by atoms with Crippen LogP contribution >= 0.6 is 28.3 Å². The Morgan fingerprint density at radius 2 is 2.07 bits per heavy atom. The molecule has 80 valence electrons. The van der Waals surface area contributed by atoms with Crippen LogP contribution < -0.4 is 11.3 Å². The van der Waals surface area contributed by atoms with Crippen molar-refractivity contribution in [3.63, 3.8) is 0 Å². The molecule has 0 atom stereocenters. The summed E-state index contributed by atoms with van der Waals surface area (Å²) in [6.45, 7) is 1.95. The van der Waals surface area contributed by atoms with Gasteiger partial charge in [0.05, 0.1) is 11.2 Å². The van der Waals surface area contributed by atoms with Crippen molar-refractivity contribution in [2.45, 2.75) is 6.92 Å². The number of anilines is 1. The number of pyridine rings is 1. The third-order valence-electron chi connectivity index (χ3n) is 2.06. The number of nitrogens with zero attached hydrogens (tertiary/aromatic N) is 1. The molecule has 0 unspecified atom stereocenters. The largest absolute Gasteiger partial charge is 0.323 e. The predicted molar refractivity (Wildman–Crippen MR) is 69.2 cm³/mol. The van der Waals surface area contributed by atoms with Gasteiger partial charge < -0.3 is 5.43 Å². The Morgan fingerprint density at radius 3 is 2.73 bits per heavy atom. The zero-order valence-corrected chi connectivity index (χ0v) is 10.5. The van der Waals surface area contributed by atoms with Crippen LogP contribution in [0.15, 0.2) is 28.7 Å². The van der Waals surface area contributed by atoms with Gasteiger partial charge in [-0.1, -0.05) is 15.9 Å². The average molecular weight is 289 g/mol. The number of halogens is 2. The van der Waals surface area contributed by atoms with Crippen LogP contribution in [0.1, 0.15) is 5.69 Å². The molecule has 1 aromatic heterocycles. The van der Waals surface area contributed by atoms with Gasteiger partial charge in [0.2, 0.25) is 0 Å². The predicted octanol–water partition coefficient (Wildman–Crippen LogP) is 3.01. The number of aromatic nitrogens is 1. The van der Waals surface area contributed by atoms with E-state index in [2.05, 4.69) is 26.3 Å². The number of aryl methyl sites for hydroxylation is 1. The molecule has 0 radical (unpaired) electrons. The third kappa shape index (κ3) is 2.40. The maximum absolute atomic E-state index is 5.43. The van der Waals surface area contributed by atoms with Crippen molar-refractivity contribution in [2.24, 2.45) is 5.84 Å². The lowest BCUT2D eigenvalue weighted by Gasteiger charge is -2.06. The lowest BCUT2D eigenvalue weighted by atomic mass is 10.1. The van der Waals surface area contributed by atoms with Crippen LogP contribution in [0.5, 0.6) is 0 Å². The summed E-state index contributed by atoms with van der Waals surface area (Å²) in [4.78, 5) is 4.42. The number of hydrogen-bond acceptors (Lipinski definition) is 3. The van der Waals surface area contributed by atoms with Gasteiger partial charge in [0, 0.05) is 15.6 Å². The zero-order chi connectivity index (χ0) is 10.1. The highest BCUT2D eigenvalue weighted by Crippen LogP contribution is 2.25. The molecule has 0 aliphatic carbocycles. The minimum Gasteiger partial charge on any atom is -0.323 e. The van der Waals surface area contributed by atoms with Crippen LogP contribution in [0.25, 0.3) is 10.9 Å². The highest BCUT2D eigenvalue weighted by molar-refractivity contribution is 9.10. The maximum Gasteiger partial charge on any atom is 0.0737 e. The summed E-state index contributed by atoms with van der Waals surface area (Å²) < 4.78 is 1.02. The van der Waals surface area contributed by atoms with E-state index >= 15 is 0 Å². The molecule has 0 bridgehead atoms. The first-order chi connectivity index (χ1) is 6.70. The lowest BCUT2D eigenvalue weighted by Crippen LogP contribution is -2.07. The molecule has 3 N–H and O–H groups in total. The fraction of sp³-hybridized carbons (Fsp3) is 0.100. The smallest absolute Gasteiger partial charge is 0.0737 e. The van der Waals surface area contributed by atoms with Crippen LogP contribution in [-0.4, -0.2) is 4.98 Å². The molecular weight excluding hydrogens is 277 g/mol. The summed E-state index contributed by atoms with van der Waals surface area (Å²) in [7, 11) is 0. The third-order valence-corrected chi connectivity index (χ3v) is 2.55. The van der Waals surface area contributed by atoms with E-state index in [1.165, 1.54) is 0 Å². The average Bonchev–Trinajstić information content (AvgIpc) is 2.15. The van der Waals surface area contributed by atoms with Crippen molar-refractivity contribution < 1.29 is 0 Å². The molecule has 1 aromatic carbocycles. The maximum atomic E-state index is 5.43. The topological polar surface area (TPSA) is 50.9 Å². The summed E-state index contributed by atoms with van der Waals surface area (Å²) in [5.74, 6) is 5.43.